The van der Waals surface area contributed by atoms with Crippen molar-refractivity contribution in [2.45, 2.75) is 88.7 Å². The highest BCUT2D eigenvalue weighted by Crippen LogP contribution is 2.26. The Kier molecular flexibility index (Phi) is 11.2. The Morgan fingerprint density at radius 3 is 2.30 bits per heavy atom. The van der Waals surface area contributed by atoms with Crippen LogP contribution in [0.5, 0.6) is 5.75 Å². The number of amidine groups is 1. The second kappa shape index (κ2) is 14.3. The lowest BCUT2D eigenvalue weighted by molar-refractivity contribution is -0.118. The van der Waals surface area contributed by atoms with Gasteiger partial charge in [0, 0.05) is 5.56 Å². The fourth-order valence-corrected chi connectivity index (χ4v) is 5.89. The van der Waals surface area contributed by atoms with Gasteiger partial charge in [-0.05, 0) is 44.5 Å². The van der Waals surface area contributed by atoms with E-state index in [-0.39, 0.29) is 21.8 Å². The molecular formula is C28H37N3O4S2. The Labute approximate surface area is 225 Å². The molecule has 0 radical (unpaired) electrons. The minimum atomic E-state index is -4.00. The van der Waals surface area contributed by atoms with E-state index < -0.39 is 10.1 Å². The summed E-state index contributed by atoms with van der Waals surface area (Å²) in [6, 6.07) is 11.6. The zero-order chi connectivity index (χ0) is 26.7. The average molecular weight is 544 g/mol. The van der Waals surface area contributed by atoms with Crippen LogP contribution in [0.15, 0.2) is 57.6 Å². The number of carbonyl (C=O) groups is 1. The van der Waals surface area contributed by atoms with Crippen LogP contribution >= 0.6 is 11.8 Å². The Bertz CT molecular complexity index is 1210. The molecule has 0 saturated carbocycles. The van der Waals surface area contributed by atoms with Gasteiger partial charge in [-0.25, -0.2) is 0 Å². The van der Waals surface area contributed by atoms with Crippen molar-refractivity contribution in [1.82, 2.24) is 5.32 Å². The molecule has 0 aromatic heterocycles. The maximum absolute atomic E-state index is 12.7. The van der Waals surface area contributed by atoms with Crippen LogP contribution in [0, 0.1) is 13.8 Å². The van der Waals surface area contributed by atoms with Gasteiger partial charge in [0.2, 0.25) is 5.91 Å². The van der Waals surface area contributed by atoms with Crippen LogP contribution in [-0.4, -0.2) is 31.0 Å². The minimum Gasteiger partial charge on any atom is -0.378 e. The van der Waals surface area contributed by atoms with Gasteiger partial charge < -0.3 is 9.50 Å². The normalized spacial score (nSPS) is 17.0. The van der Waals surface area contributed by atoms with Gasteiger partial charge in [0.25, 0.3) is 0 Å². The van der Waals surface area contributed by atoms with Gasteiger partial charge in [0.05, 0.1) is 11.5 Å². The summed E-state index contributed by atoms with van der Waals surface area (Å²) in [4.78, 5) is 12.4. The third kappa shape index (κ3) is 9.31. The van der Waals surface area contributed by atoms with Gasteiger partial charge >= 0.3 is 10.1 Å². The molecule has 3 rings (SSSR count). The molecule has 1 N–H and O–H groups in total. The van der Waals surface area contributed by atoms with E-state index in [0.29, 0.717) is 10.7 Å². The third-order valence-corrected chi connectivity index (χ3v) is 8.51. The minimum absolute atomic E-state index is 0.0364. The summed E-state index contributed by atoms with van der Waals surface area (Å²) in [6.07, 6.45) is 12.1. The molecule has 37 heavy (non-hydrogen) atoms. The first-order valence-corrected chi connectivity index (χ1v) is 15.3. The fraction of sp³-hybridized carbons (Fsp3) is 0.464. The van der Waals surface area contributed by atoms with Gasteiger partial charge in [0.15, 0.2) is 10.9 Å². The van der Waals surface area contributed by atoms with Crippen molar-refractivity contribution >= 4 is 39.2 Å². The van der Waals surface area contributed by atoms with E-state index in [1.54, 1.807) is 30.3 Å². The molecule has 1 atom stereocenters. The van der Waals surface area contributed by atoms with E-state index in [1.165, 1.54) is 68.6 Å². The first-order chi connectivity index (χ1) is 17.8. The number of hydrogen-bond acceptors (Lipinski definition) is 7. The average Bonchev–Trinajstić information content (AvgIpc) is 3.21. The molecular weight excluding hydrogens is 506 g/mol. The Hall–Kier alpha value is -2.65. The number of thioether (sulfide) groups is 1. The van der Waals surface area contributed by atoms with E-state index in [0.717, 1.165) is 30.4 Å². The molecule has 9 heteroatoms. The van der Waals surface area contributed by atoms with Crippen LogP contribution in [0.3, 0.4) is 0 Å². The number of amides is 1. The lowest BCUT2D eigenvalue weighted by Crippen LogP contribution is -2.24. The summed E-state index contributed by atoms with van der Waals surface area (Å²) in [5.41, 5.74) is 2.35. The molecule has 1 amide bonds. The molecule has 1 aliphatic heterocycles. The number of nitrogens with one attached hydrogen (secondary N) is 1. The number of unbranched alkanes of at least 4 members (excludes halogenated alkanes) is 7. The highest BCUT2D eigenvalue weighted by molar-refractivity contribution is 8.15. The molecule has 1 saturated heterocycles. The highest BCUT2D eigenvalue weighted by atomic mass is 32.2. The molecule has 1 fully saturated rings. The summed E-state index contributed by atoms with van der Waals surface area (Å²) in [7, 11) is -4.00. The van der Waals surface area contributed by atoms with E-state index >= 15 is 0 Å². The molecule has 0 spiro atoms. The van der Waals surface area contributed by atoms with Crippen molar-refractivity contribution < 1.29 is 17.4 Å². The number of aryl methyl sites for hydroxylation is 2. The lowest BCUT2D eigenvalue weighted by atomic mass is 10.1. The van der Waals surface area contributed by atoms with Crippen molar-refractivity contribution in [3.8, 4) is 5.75 Å². The van der Waals surface area contributed by atoms with Crippen LogP contribution in [-0.2, 0) is 14.9 Å². The summed E-state index contributed by atoms with van der Waals surface area (Å²) in [5.74, 6) is 0.122. The van der Waals surface area contributed by atoms with Crippen LogP contribution in [0.25, 0.3) is 0 Å². The smallest absolute Gasteiger partial charge is 0.339 e. The largest absolute Gasteiger partial charge is 0.378 e. The number of rotatable bonds is 14. The number of benzene rings is 2. The SMILES string of the molecule is CCCCCCCCCCC1SC(=NN=Cc2cc(C)ccc2OS(=O)(=O)c2ccc(C)cc2)NC1=O. The van der Waals surface area contributed by atoms with Crippen molar-refractivity contribution in [2.24, 2.45) is 10.2 Å². The van der Waals surface area contributed by atoms with Gasteiger partial charge in [-0.3, -0.25) is 4.79 Å². The quantitative estimate of drug-likeness (QED) is 0.127. The van der Waals surface area contributed by atoms with Crippen LogP contribution in [0.2, 0.25) is 0 Å². The van der Waals surface area contributed by atoms with Crippen molar-refractivity contribution in [3.63, 3.8) is 0 Å². The van der Waals surface area contributed by atoms with Crippen LogP contribution in [0.1, 0.15) is 81.4 Å². The predicted octanol–water partition coefficient (Wildman–Crippen LogP) is 6.52. The zero-order valence-corrected chi connectivity index (χ0v) is 23.5. The first-order valence-electron chi connectivity index (χ1n) is 13.0. The number of hydrogen-bond donors (Lipinski definition) is 1. The summed E-state index contributed by atoms with van der Waals surface area (Å²) >= 11 is 1.39. The number of carbonyl (C=O) groups excluding carboxylic acids is 1. The molecule has 2 aromatic rings. The summed E-state index contributed by atoms with van der Waals surface area (Å²) < 4.78 is 30.9. The summed E-state index contributed by atoms with van der Waals surface area (Å²) in [6.45, 7) is 6.00. The molecule has 2 aromatic carbocycles. The van der Waals surface area contributed by atoms with E-state index in [1.807, 2.05) is 13.8 Å². The second-order valence-corrected chi connectivity index (χ2v) is 12.1. The topological polar surface area (TPSA) is 97.2 Å². The molecule has 1 aliphatic rings. The van der Waals surface area contributed by atoms with Crippen molar-refractivity contribution in [1.29, 1.82) is 0 Å². The molecule has 0 aliphatic carbocycles. The zero-order valence-electron chi connectivity index (χ0n) is 21.9. The fourth-order valence-electron chi connectivity index (χ4n) is 3.97. The molecule has 200 valence electrons. The summed E-state index contributed by atoms with van der Waals surface area (Å²) in [5, 5.41) is 11.4. The Morgan fingerprint density at radius 2 is 1.59 bits per heavy atom. The predicted molar refractivity (Wildman–Crippen MR) is 152 cm³/mol. The van der Waals surface area contributed by atoms with E-state index in [4.69, 9.17) is 4.18 Å². The number of nitrogens with zero attached hydrogens (tertiary/aromatic N) is 2. The van der Waals surface area contributed by atoms with E-state index in [2.05, 4.69) is 22.4 Å². The highest BCUT2D eigenvalue weighted by Gasteiger charge is 2.29. The van der Waals surface area contributed by atoms with Gasteiger partial charge in [-0.1, -0.05) is 99.4 Å². The van der Waals surface area contributed by atoms with Gasteiger partial charge in [-0.2, -0.15) is 13.5 Å². The Morgan fingerprint density at radius 1 is 0.946 bits per heavy atom. The monoisotopic (exact) mass is 543 g/mol. The molecule has 0 bridgehead atoms. The maximum Gasteiger partial charge on any atom is 0.339 e. The van der Waals surface area contributed by atoms with Crippen molar-refractivity contribution in [3.05, 3.63) is 59.2 Å². The standard InChI is InChI=1S/C28H37N3O4S2/c1-4-5-6-7-8-9-10-11-12-26-27(32)30-28(36-26)31-29-20-23-19-22(3)15-18-25(23)35-37(33,34)24-16-13-21(2)14-17-24/h13-20,26H,4-12H2,1-3H3,(H,30,31,32). The first kappa shape index (κ1) is 28.9. The van der Waals surface area contributed by atoms with Crippen molar-refractivity contribution in [2.75, 3.05) is 0 Å². The second-order valence-electron chi connectivity index (χ2n) is 9.40. The van der Waals surface area contributed by atoms with Gasteiger partial charge in [0.1, 0.15) is 4.90 Å². The van der Waals surface area contributed by atoms with E-state index in [9.17, 15) is 13.2 Å². The van der Waals surface area contributed by atoms with Crippen LogP contribution in [0.4, 0.5) is 0 Å². The Balaban J connectivity index is 1.56. The third-order valence-electron chi connectivity index (χ3n) is 6.12. The van der Waals surface area contributed by atoms with Crippen LogP contribution < -0.4 is 9.50 Å². The lowest BCUT2D eigenvalue weighted by Gasteiger charge is -2.10. The molecule has 1 unspecified atom stereocenters. The van der Waals surface area contributed by atoms with Gasteiger partial charge in [-0.15, -0.1) is 5.10 Å². The molecule has 1 heterocycles. The maximum atomic E-state index is 12.7. The molecule has 7 nitrogen and oxygen atoms in total.